The molecule has 142 valence electrons. The zero-order valence-electron chi connectivity index (χ0n) is 13.7. The van der Waals surface area contributed by atoms with E-state index in [1.165, 1.54) is 28.8 Å². The van der Waals surface area contributed by atoms with Crippen LogP contribution in [-0.4, -0.2) is 39.4 Å². The van der Waals surface area contributed by atoms with Crippen LogP contribution in [0.25, 0.3) is 5.69 Å². The molecule has 11 heteroatoms. The van der Waals surface area contributed by atoms with Crippen LogP contribution in [-0.2, 0) is 6.42 Å². The molecule has 0 aliphatic carbocycles. The lowest BCUT2D eigenvalue weighted by Gasteiger charge is -2.14. The lowest BCUT2D eigenvalue weighted by molar-refractivity contribution is -0.153. The van der Waals surface area contributed by atoms with Gasteiger partial charge in [0.05, 0.1) is 23.1 Å². The molecule has 1 atom stereocenters. The van der Waals surface area contributed by atoms with Gasteiger partial charge < -0.3 is 15.2 Å². The lowest BCUT2D eigenvalue weighted by Crippen LogP contribution is -2.24. The van der Waals surface area contributed by atoms with Gasteiger partial charge in [-0.1, -0.05) is 11.8 Å². The Morgan fingerprint density at radius 3 is 2.74 bits per heavy atom. The number of aromatic nitrogens is 2. The van der Waals surface area contributed by atoms with Crippen LogP contribution >= 0.6 is 11.8 Å². The molecule has 1 aromatic carbocycles. The van der Waals surface area contributed by atoms with E-state index in [0.29, 0.717) is 11.3 Å². The fraction of sp³-hybridized carbons (Fsp3) is 0.312. The summed E-state index contributed by atoms with van der Waals surface area (Å²) in [5.41, 5.74) is 0.228. The lowest BCUT2D eigenvalue weighted by atomic mass is 10.2. The molecule has 1 aromatic heterocycles. The highest BCUT2D eigenvalue weighted by Crippen LogP contribution is 2.27. The standard InChI is InChI=1S/C16H13F3N4O3S/c17-16(18,19)8-26-10-3-1-9(2-4-10)23-14(25)11-7-12(24)21-13(11)22-15(23)27-6-5-20/h1-4,12,21,24H,6-8H2. The van der Waals surface area contributed by atoms with Gasteiger partial charge in [-0.25, -0.2) is 4.98 Å². The molecule has 0 saturated carbocycles. The number of hydrogen-bond donors (Lipinski definition) is 2. The number of fused-ring (bicyclic) bond motifs is 1. The maximum absolute atomic E-state index is 12.8. The number of thioether (sulfide) groups is 1. The van der Waals surface area contributed by atoms with Crippen LogP contribution in [0.4, 0.5) is 19.0 Å². The molecule has 2 heterocycles. The van der Waals surface area contributed by atoms with Gasteiger partial charge in [-0.2, -0.15) is 18.4 Å². The maximum Gasteiger partial charge on any atom is 0.422 e. The van der Waals surface area contributed by atoms with Gasteiger partial charge >= 0.3 is 6.18 Å². The van der Waals surface area contributed by atoms with Crippen molar-refractivity contribution >= 4 is 17.6 Å². The average Bonchev–Trinajstić information content (AvgIpc) is 2.99. The first-order chi connectivity index (χ1) is 12.8. The Morgan fingerprint density at radius 1 is 1.41 bits per heavy atom. The number of nitriles is 1. The highest BCUT2D eigenvalue weighted by Gasteiger charge is 2.29. The SMILES string of the molecule is N#CCSc1nc2c(c(=O)n1-c1ccc(OCC(F)(F)F)cc1)CC(O)N2. The summed E-state index contributed by atoms with van der Waals surface area (Å²) in [7, 11) is 0. The largest absolute Gasteiger partial charge is 0.484 e. The number of ether oxygens (including phenoxy) is 1. The highest BCUT2D eigenvalue weighted by atomic mass is 32.2. The summed E-state index contributed by atoms with van der Waals surface area (Å²) in [5, 5.41) is 21.4. The van der Waals surface area contributed by atoms with E-state index in [4.69, 9.17) is 5.26 Å². The second kappa shape index (κ2) is 7.50. The topological polar surface area (TPSA) is 100 Å². The Kier molecular flexibility index (Phi) is 5.29. The monoisotopic (exact) mass is 398 g/mol. The normalized spacial score (nSPS) is 15.7. The summed E-state index contributed by atoms with van der Waals surface area (Å²) in [6, 6.07) is 7.42. The average molecular weight is 398 g/mol. The van der Waals surface area contributed by atoms with E-state index >= 15 is 0 Å². The van der Waals surface area contributed by atoms with E-state index in [1.54, 1.807) is 0 Å². The smallest absolute Gasteiger partial charge is 0.422 e. The van der Waals surface area contributed by atoms with Crippen LogP contribution in [0.5, 0.6) is 5.75 Å². The van der Waals surface area contributed by atoms with Crippen LogP contribution in [0.3, 0.4) is 0 Å². The Hall–Kier alpha value is -2.71. The number of hydrogen-bond acceptors (Lipinski definition) is 7. The van der Waals surface area contributed by atoms with Crippen molar-refractivity contribution in [1.82, 2.24) is 9.55 Å². The first kappa shape index (κ1) is 19.1. The molecular weight excluding hydrogens is 385 g/mol. The van der Waals surface area contributed by atoms with Gasteiger partial charge in [-0.3, -0.25) is 9.36 Å². The molecule has 0 amide bonds. The van der Waals surface area contributed by atoms with E-state index in [9.17, 15) is 23.1 Å². The van der Waals surface area contributed by atoms with Gasteiger partial charge in [0.15, 0.2) is 11.8 Å². The first-order valence-electron chi connectivity index (χ1n) is 7.69. The van der Waals surface area contributed by atoms with Crippen molar-refractivity contribution in [3.05, 3.63) is 40.2 Å². The van der Waals surface area contributed by atoms with Crippen molar-refractivity contribution in [2.45, 2.75) is 24.0 Å². The minimum Gasteiger partial charge on any atom is -0.484 e. The van der Waals surface area contributed by atoms with Crippen LogP contribution in [0, 0.1) is 11.3 Å². The number of aliphatic hydroxyl groups excluding tert-OH is 1. The summed E-state index contributed by atoms with van der Waals surface area (Å²) >= 11 is 1.03. The Bertz CT molecular complexity index is 938. The highest BCUT2D eigenvalue weighted by molar-refractivity contribution is 7.99. The summed E-state index contributed by atoms with van der Waals surface area (Å²) in [6.45, 7) is -1.42. The first-order valence-corrected chi connectivity index (χ1v) is 8.67. The molecule has 0 radical (unpaired) electrons. The zero-order chi connectivity index (χ0) is 19.6. The molecule has 1 aliphatic rings. The number of halogens is 3. The van der Waals surface area contributed by atoms with E-state index in [1.807, 2.05) is 6.07 Å². The summed E-state index contributed by atoms with van der Waals surface area (Å²) in [4.78, 5) is 17.1. The number of rotatable bonds is 5. The minimum absolute atomic E-state index is 0.00144. The molecule has 2 aromatic rings. The van der Waals surface area contributed by atoms with Crippen molar-refractivity contribution < 1.29 is 23.0 Å². The molecule has 0 saturated heterocycles. The number of nitrogens with zero attached hydrogens (tertiary/aromatic N) is 3. The van der Waals surface area contributed by atoms with E-state index in [-0.39, 0.29) is 28.9 Å². The van der Waals surface area contributed by atoms with Gasteiger partial charge in [0.25, 0.3) is 5.56 Å². The fourth-order valence-corrected chi connectivity index (χ4v) is 3.19. The third-order valence-corrected chi connectivity index (χ3v) is 4.42. The molecule has 0 fully saturated rings. The van der Waals surface area contributed by atoms with E-state index in [0.717, 1.165) is 11.8 Å². The van der Waals surface area contributed by atoms with Crippen LogP contribution < -0.4 is 15.6 Å². The van der Waals surface area contributed by atoms with Gasteiger partial charge in [0.2, 0.25) is 0 Å². The predicted octanol–water partition coefficient (Wildman–Crippen LogP) is 2.08. The van der Waals surface area contributed by atoms with Crippen LogP contribution in [0.1, 0.15) is 5.56 Å². The van der Waals surface area contributed by atoms with Gasteiger partial charge in [0.1, 0.15) is 17.8 Å². The molecule has 7 nitrogen and oxygen atoms in total. The zero-order valence-corrected chi connectivity index (χ0v) is 14.5. The van der Waals surface area contributed by atoms with Crippen molar-refractivity contribution in [3.8, 4) is 17.5 Å². The number of benzene rings is 1. The molecule has 1 aliphatic heterocycles. The predicted molar refractivity (Wildman–Crippen MR) is 91.1 cm³/mol. The number of aliphatic hydroxyl groups is 1. The summed E-state index contributed by atoms with van der Waals surface area (Å²) in [6.07, 6.45) is -5.30. The number of nitrogens with one attached hydrogen (secondary N) is 1. The number of anilines is 1. The van der Waals surface area contributed by atoms with Gasteiger partial charge in [0, 0.05) is 6.42 Å². The fourth-order valence-electron chi connectivity index (χ4n) is 2.52. The second-order valence-electron chi connectivity index (χ2n) is 5.57. The molecular formula is C16H13F3N4O3S. The molecule has 1 unspecified atom stereocenters. The van der Waals surface area contributed by atoms with Crippen molar-refractivity contribution in [1.29, 1.82) is 5.26 Å². The van der Waals surface area contributed by atoms with Crippen LogP contribution in [0.2, 0.25) is 0 Å². The third kappa shape index (κ3) is 4.35. The van der Waals surface area contributed by atoms with E-state index in [2.05, 4.69) is 15.0 Å². The minimum atomic E-state index is -4.45. The Labute approximate surface area is 155 Å². The van der Waals surface area contributed by atoms with Crippen LogP contribution in [0.15, 0.2) is 34.2 Å². The summed E-state index contributed by atoms with van der Waals surface area (Å²) < 4.78 is 42.6. The quantitative estimate of drug-likeness (QED) is 0.588. The second-order valence-corrected chi connectivity index (χ2v) is 6.51. The Balaban J connectivity index is 1.97. The van der Waals surface area contributed by atoms with Crippen molar-refractivity contribution in [2.75, 3.05) is 17.7 Å². The molecule has 0 spiro atoms. The van der Waals surface area contributed by atoms with Crippen molar-refractivity contribution in [2.24, 2.45) is 0 Å². The summed E-state index contributed by atoms with van der Waals surface area (Å²) in [5.74, 6) is 0.302. The molecule has 0 bridgehead atoms. The van der Waals surface area contributed by atoms with Gasteiger partial charge in [-0.05, 0) is 24.3 Å². The molecule has 27 heavy (non-hydrogen) atoms. The Morgan fingerprint density at radius 2 is 2.11 bits per heavy atom. The van der Waals surface area contributed by atoms with E-state index < -0.39 is 24.6 Å². The molecule has 2 N–H and O–H groups in total. The maximum atomic E-state index is 12.8. The number of alkyl halides is 3. The third-order valence-electron chi connectivity index (χ3n) is 3.61. The van der Waals surface area contributed by atoms with Gasteiger partial charge in [-0.15, -0.1) is 0 Å². The molecule has 3 rings (SSSR count). The van der Waals surface area contributed by atoms with Crippen molar-refractivity contribution in [3.63, 3.8) is 0 Å².